The van der Waals surface area contributed by atoms with Gasteiger partial charge in [0.1, 0.15) is 30.1 Å². The summed E-state index contributed by atoms with van der Waals surface area (Å²) >= 11 is 0. The van der Waals surface area contributed by atoms with Crippen molar-refractivity contribution in [1.82, 2.24) is 9.80 Å². The number of carbonyl (C=O) groups excluding carboxylic acids is 2. The topological polar surface area (TPSA) is 68.3 Å². The Morgan fingerprint density at radius 2 is 1.68 bits per heavy atom. The smallest absolute Gasteiger partial charge is 0.411 e. The van der Waals surface area contributed by atoms with Crippen LogP contribution in [0, 0.1) is 0 Å². The van der Waals surface area contributed by atoms with Gasteiger partial charge < -0.3 is 19.1 Å². The molecule has 0 N–H and O–H groups in total. The Bertz CT molecular complexity index is 948. The number of rotatable bonds is 2. The molecule has 164 valence electrons. The predicted molar refractivity (Wildman–Crippen MR) is 115 cm³/mol. The zero-order valence-electron chi connectivity index (χ0n) is 18.2. The molecule has 2 heterocycles. The molecule has 2 amide bonds. The fraction of sp³-hybridized carbons (Fsp3) is 0.417. The van der Waals surface area contributed by atoms with Crippen LogP contribution in [0.1, 0.15) is 31.9 Å². The number of nitrogens with zero attached hydrogens (tertiary/aromatic N) is 2. The van der Waals surface area contributed by atoms with Crippen LogP contribution in [0.5, 0.6) is 5.75 Å². The fourth-order valence-corrected chi connectivity index (χ4v) is 3.84. The van der Waals surface area contributed by atoms with E-state index in [1.807, 2.05) is 75.4 Å². The molecule has 0 saturated carbocycles. The van der Waals surface area contributed by atoms with Gasteiger partial charge in [0, 0.05) is 5.56 Å². The van der Waals surface area contributed by atoms with Gasteiger partial charge in [-0.25, -0.2) is 9.59 Å². The van der Waals surface area contributed by atoms with E-state index in [4.69, 9.17) is 14.2 Å². The van der Waals surface area contributed by atoms with E-state index < -0.39 is 23.3 Å². The summed E-state index contributed by atoms with van der Waals surface area (Å²) in [6, 6.07) is 17.2. The zero-order valence-corrected chi connectivity index (χ0v) is 18.2. The Morgan fingerprint density at radius 1 is 1.00 bits per heavy atom. The highest BCUT2D eigenvalue weighted by atomic mass is 16.6. The maximum Gasteiger partial charge on any atom is 0.411 e. The molecule has 4 rings (SSSR count). The molecule has 2 aliphatic heterocycles. The van der Waals surface area contributed by atoms with E-state index in [0.29, 0.717) is 19.6 Å². The second kappa shape index (κ2) is 8.13. The van der Waals surface area contributed by atoms with Gasteiger partial charge in [-0.3, -0.25) is 4.90 Å². The largest absolute Gasteiger partial charge is 0.491 e. The number of benzene rings is 2. The van der Waals surface area contributed by atoms with E-state index in [1.54, 1.807) is 9.80 Å². The van der Waals surface area contributed by atoms with Crippen molar-refractivity contribution in [2.24, 2.45) is 0 Å². The summed E-state index contributed by atoms with van der Waals surface area (Å²) in [5.74, 6) is 0.748. The van der Waals surface area contributed by atoms with E-state index in [2.05, 4.69) is 0 Å². The zero-order chi connectivity index (χ0) is 22.1. The van der Waals surface area contributed by atoms with Gasteiger partial charge in [-0.2, -0.15) is 0 Å². The SMILES string of the molecule is CC(C)(C)OC(=O)N1Cc2ccccc2OCC12CN(C(=O)OCc1ccccc1)C2. The molecular weight excluding hydrogens is 396 g/mol. The molecule has 7 heteroatoms. The van der Waals surface area contributed by atoms with E-state index in [-0.39, 0.29) is 13.2 Å². The Labute approximate surface area is 182 Å². The van der Waals surface area contributed by atoms with Gasteiger partial charge in [0.15, 0.2) is 0 Å². The van der Waals surface area contributed by atoms with Crippen LogP contribution in [0.25, 0.3) is 0 Å². The van der Waals surface area contributed by atoms with Crippen LogP contribution in [0.15, 0.2) is 54.6 Å². The van der Waals surface area contributed by atoms with Gasteiger partial charge in [-0.05, 0) is 32.4 Å². The summed E-state index contributed by atoms with van der Waals surface area (Å²) < 4.78 is 17.2. The summed E-state index contributed by atoms with van der Waals surface area (Å²) in [4.78, 5) is 28.9. The minimum Gasteiger partial charge on any atom is -0.491 e. The highest BCUT2D eigenvalue weighted by Crippen LogP contribution is 2.37. The predicted octanol–water partition coefficient (Wildman–Crippen LogP) is 4.21. The second-order valence-corrected chi connectivity index (χ2v) is 9.08. The lowest BCUT2D eigenvalue weighted by Gasteiger charge is -2.53. The lowest BCUT2D eigenvalue weighted by Crippen LogP contribution is -2.74. The standard InChI is InChI=1S/C24H28N2O5/c1-23(2,3)31-22(28)26-13-19-11-7-8-12-20(19)30-17-24(26)15-25(16-24)21(27)29-14-18-9-5-4-6-10-18/h4-12H,13-17H2,1-3H3. The molecule has 0 radical (unpaired) electrons. The number of carbonyl (C=O) groups is 2. The van der Waals surface area contributed by atoms with Crippen molar-refractivity contribution in [2.75, 3.05) is 19.7 Å². The molecule has 2 aliphatic rings. The van der Waals surface area contributed by atoms with Crippen molar-refractivity contribution in [3.05, 3.63) is 65.7 Å². The number of likely N-dealkylation sites (tertiary alicyclic amines) is 1. The molecule has 7 nitrogen and oxygen atoms in total. The summed E-state index contributed by atoms with van der Waals surface area (Å²) in [5, 5.41) is 0. The summed E-state index contributed by atoms with van der Waals surface area (Å²) in [7, 11) is 0. The third-order valence-corrected chi connectivity index (χ3v) is 5.42. The lowest BCUT2D eigenvalue weighted by atomic mass is 9.89. The van der Waals surface area contributed by atoms with Gasteiger partial charge in [-0.15, -0.1) is 0 Å². The van der Waals surface area contributed by atoms with Gasteiger partial charge >= 0.3 is 12.2 Å². The van der Waals surface area contributed by atoms with E-state index in [9.17, 15) is 9.59 Å². The third kappa shape index (κ3) is 4.60. The Balaban J connectivity index is 1.47. The average molecular weight is 424 g/mol. The van der Waals surface area contributed by atoms with Gasteiger partial charge in [0.2, 0.25) is 0 Å². The van der Waals surface area contributed by atoms with Crippen LogP contribution < -0.4 is 4.74 Å². The second-order valence-electron chi connectivity index (χ2n) is 9.08. The summed E-state index contributed by atoms with van der Waals surface area (Å²) in [6.07, 6.45) is -0.814. The average Bonchev–Trinajstić information content (AvgIpc) is 2.88. The van der Waals surface area contributed by atoms with Crippen molar-refractivity contribution >= 4 is 12.2 Å². The van der Waals surface area contributed by atoms with Gasteiger partial charge in [0.25, 0.3) is 0 Å². The quantitative estimate of drug-likeness (QED) is 0.723. The Kier molecular flexibility index (Phi) is 5.52. The first-order valence-corrected chi connectivity index (χ1v) is 10.4. The molecule has 2 aromatic carbocycles. The lowest BCUT2D eigenvalue weighted by molar-refractivity contribution is -0.0767. The monoisotopic (exact) mass is 424 g/mol. The van der Waals surface area contributed by atoms with Crippen LogP contribution in [0.3, 0.4) is 0 Å². The number of para-hydroxylation sites is 1. The first kappa shape index (κ1) is 21.0. The van der Waals surface area contributed by atoms with Crippen molar-refractivity contribution in [1.29, 1.82) is 0 Å². The highest BCUT2D eigenvalue weighted by molar-refractivity contribution is 5.73. The highest BCUT2D eigenvalue weighted by Gasteiger charge is 2.54. The van der Waals surface area contributed by atoms with Crippen LogP contribution in [-0.4, -0.2) is 52.8 Å². The van der Waals surface area contributed by atoms with Gasteiger partial charge in [0.05, 0.1) is 19.6 Å². The molecule has 1 fully saturated rings. The molecule has 1 spiro atoms. The molecule has 2 aromatic rings. The molecular formula is C24H28N2O5. The van der Waals surface area contributed by atoms with Crippen LogP contribution in [0.2, 0.25) is 0 Å². The van der Waals surface area contributed by atoms with E-state index >= 15 is 0 Å². The minimum atomic E-state index is -0.660. The third-order valence-electron chi connectivity index (χ3n) is 5.42. The number of hydrogen-bond donors (Lipinski definition) is 0. The van der Waals surface area contributed by atoms with Gasteiger partial charge in [-0.1, -0.05) is 48.5 Å². The molecule has 31 heavy (non-hydrogen) atoms. The van der Waals surface area contributed by atoms with Crippen molar-refractivity contribution in [3.8, 4) is 5.75 Å². The molecule has 1 saturated heterocycles. The first-order chi connectivity index (χ1) is 14.8. The molecule has 0 aromatic heterocycles. The molecule has 0 atom stereocenters. The van der Waals surface area contributed by atoms with Crippen LogP contribution in [0.4, 0.5) is 9.59 Å². The number of amides is 2. The van der Waals surface area contributed by atoms with E-state index in [0.717, 1.165) is 16.9 Å². The Morgan fingerprint density at radius 3 is 2.39 bits per heavy atom. The van der Waals surface area contributed by atoms with Crippen molar-refractivity contribution < 1.29 is 23.8 Å². The number of hydrogen-bond acceptors (Lipinski definition) is 5. The molecule has 0 bridgehead atoms. The molecule has 0 aliphatic carbocycles. The Hall–Kier alpha value is -3.22. The molecule has 0 unspecified atom stereocenters. The van der Waals surface area contributed by atoms with E-state index in [1.165, 1.54) is 0 Å². The first-order valence-electron chi connectivity index (χ1n) is 10.4. The van der Waals surface area contributed by atoms with Crippen molar-refractivity contribution in [3.63, 3.8) is 0 Å². The van der Waals surface area contributed by atoms with Crippen LogP contribution in [-0.2, 0) is 22.6 Å². The number of fused-ring (bicyclic) bond motifs is 1. The fourth-order valence-electron chi connectivity index (χ4n) is 3.84. The normalized spacial score (nSPS) is 17.1. The minimum absolute atomic E-state index is 0.209. The summed E-state index contributed by atoms with van der Waals surface area (Å²) in [5.41, 5.74) is 0.556. The maximum atomic E-state index is 13.1. The van der Waals surface area contributed by atoms with Crippen LogP contribution >= 0.6 is 0 Å². The number of ether oxygens (including phenoxy) is 3. The maximum absolute atomic E-state index is 13.1. The van der Waals surface area contributed by atoms with Crippen molar-refractivity contribution in [2.45, 2.75) is 45.1 Å². The summed E-state index contributed by atoms with van der Waals surface area (Å²) in [6.45, 7) is 7.03.